The number of halogens is 1. The van der Waals surface area contributed by atoms with E-state index in [1.165, 1.54) is 0 Å². The van der Waals surface area contributed by atoms with Crippen LogP contribution in [0.5, 0.6) is 0 Å². The summed E-state index contributed by atoms with van der Waals surface area (Å²) in [6.45, 7) is 6.21. The summed E-state index contributed by atoms with van der Waals surface area (Å²) in [5, 5.41) is 19.5. The average molecular weight is 462 g/mol. The van der Waals surface area contributed by atoms with E-state index in [0.29, 0.717) is 16.8 Å². The predicted molar refractivity (Wildman–Crippen MR) is 125 cm³/mol. The molecular formula is C24H32ClN3O4. The normalized spacial score (nSPS) is 21.2. The molecule has 0 unspecified atom stereocenters. The largest absolute Gasteiger partial charge is 0.451 e. The standard InChI is InChI=1S/C24H32ClN3O4/c1-24(2,3)28-18-8-9-19(16(12-18)14-29)27-22(30)13-26-23(31)21-11-10-20(32-21)15-4-6-17(25)7-5-15/h4-7,10-11,16,18-19,28-29H,8-9,12-14H2,1-3H3,(H,26,31)(H,27,30)/t16-,18-,19+/m1/s1. The Bertz CT molecular complexity index is 920. The van der Waals surface area contributed by atoms with Crippen molar-refractivity contribution in [1.82, 2.24) is 16.0 Å². The number of amides is 2. The molecule has 2 aromatic rings. The van der Waals surface area contributed by atoms with E-state index in [1.54, 1.807) is 36.4 Å². The highest BCUT2D eigenvalue weighted by molar-refractivity contribution is 6.30. The van der Waals surface area contributed by atoms with Gasteiger partial charge in [-0.3, -0.25) is 9.59 Å². The lowest BCUT2D eigenvalue weighted by atomic mass is 9.81. The second kappa shape index (κ2) is 10.5. The van der Waals surface area contributed by atoms with Crippen molar-refractivity contribution in [2.75, 3.05) is 13.2 Å². The molecule has 1 aromatic heterocycles. The van der Waals surface area contributed by atoms with Crippen molar-refractivity contribution >= 4 is 23.4 Å². The number of benzene rings is 1. The van der Waals surface area contributed by atoms with Crippen LogP contribution in [-0.2, 0) is 4.79 Å². The maximum absolute atomic E-state index is 12.4. The zero-order valence-corrected chi connectivity index (χ0v) is 19.5. The van der Waals surface area contributed by atoms with Crippen molar-refractivity contribution in [3.05, 3.63) is 47.2 Å². The van der Waals surface area contributed by atoms with E-state index in [0.717, 1.165) is 24.8 Å². The van der Waals surface area contributed by atoms with Crippen molar-refractivity contribution in [3.8, 4) is 11.3 Å². The first-order valence-electron chi connectivity index (χ1n) is 11.0. The zero-order valence-electron chi connectivity index (χ0n) is 18.8. The molecule has 7 nitrogen and oxygen atoms in total. The number of hydrogen-bond donors (Lipinski definition) is 4. The first kappa shape index (κ1) is 24.3. The Hall–Kier alpha value is -2.35. The average Bonchev–Trinajstić information content (AvgIpc) is 3.23. The first-order chi connectivity index (χ1) is 15.1. The first-order valence-corrected chi connectivity index (χ1v) is 11.3. The number of carbonyl (C=O) groups excluding carboxylic acids is 2. The van der Waals surface area contributed by atoms with Crippen molar-refractivity contribution in [3.63, 3.8) is 0 Å². The lowest BCUT2D eigenvalue weighted by molar-refractivity contribution is -0.121. The second-order valence-corrected chi connectivity index (χ2v) is 9.81. The van der Waals surface area contributed by atoms with Crippen molar-refractivity contribution in [2.45, 2.75) is 57.7 Å². The molecule has 2 amide bonds. The fraction of sp³-hybridized carbons (Fsp3) is 0.500. The third kappa shape index (κ3) is 6.82. The van der Waals surface area contributed by atoms with E-state index < -0.39 is 5.91 Å². The van der Waals surface area contributed by atoms with E-state index in [9.17, 15) is 14.7 Å². The molecule has 1 heterocycles. The predicted octanol–water partition coefficient (Wildman–Crippen LogP) is 3.36. The van der Waals surface area contributed by atoms with E-state index in [4.69, 9.17) is 16.0 Å². The summed E-state index contributed by atoms with van der Waals surface area (Å²) in [7, 11) is 0. The number of aliphatic hydroxyl groups is 1. The van der Waals surface area contributed by atoms with Gasteiger partial charge in [0, 0.05) is 40.7 Å². The molecular weight excluding hydrogens is 430 g/mol. The van der Waals surface area contributed by atoms with Gasteiger partial charge in [-0.15, -0.1) is 0 Å². The molecule has 1 saturated carbocycles. The molecule has 0 bridgehead atoms. The molecule has 1 aliphatic rings. The molecule has 174 valence electrons. The summed E-state index contributed by atoms with van der Waals surface area (Å²) in [5.41, 5.74) is 0.808. The Morgan fingerprint density at radius 2 is 1.84 bits per heavy atom. The summed E-state index contributed by atoms with van der Waals surface area (Å²) in [6, 6.07) is 10.6. The number of nitrogens with one attached hydrogen (secondary N) is 3. The minimum atomic E-state index is -0.461. The number of carbonyl (C=O) groups is 2. The van der Waals surface area contributed by atoms with Crippen LogP contribution < -0.4 is 16.0 Å². The Balaban J connectivity index is 1.48. The number of hydrogen-bond acceptors (Lipinski definition) is 5. The Kier molecular flexibility index (Phi) is 7.98. The van der Waals surface area contributed by atoms with Gasteiger partial charge in [-0.1, -0.05) is 11.6 Å². The number of furan rings is 1. The molecule has 0 radical (unpaired) electrons. The van der Waals surface area contributed by atoms with Crippen LogP contribution >= 0.6 is 11.6 Å². The van der Waals surface area contributed by atoms with Crippen LogP contribution in [0, 0.1) is 5.92 Å². The SMILES string of the molecule is CC(C)(C)N[C@@H]1CC[C@H](NC(=O)CNC(=O)c2ccc(-c3ccc(Cl)cc3)o2)[C@@H](CO)C1. The lowest BCUT2D eigenvalue weighted by Gasteiger charge is -2.39. The van der Waals surface area contributed by atoms with Crippen LogP contribution in [-0.4, -0.2) is 47.7 Å². The van der Waals surface area contributed by atoms with Crippen LogP contribution in [0.2, 0.25) is 5.02 Å². The summed E-state index contributed by atoms with van der Waals surface area (Å²) in [5.74, 6) is -0.0895. The Morgan fingerprint density at radius 3 is 2.50 bits per heavy atom. The van der Waals surface area contributed by atoms with Gasteiger partial charge in [0.2, 0.25) is 5.91 Å². The monoisotopic (exact) mass is 461 g/mol. The molecule has 4 N–H and O–H groups in total. The summed E-state index contributed by atoms with van der Waals surface area (Å²) >= 11 is 5.90. The van der Waals surface area contributed by atoms with Crippen molar-refractivity contribution < 1.29 is 19.1 Å². The van der Waals surface area contributed by atoms with Gasteiger partial charge in [-0.25, -0.2) is 0 Å². The van der Waals surface area contributed by atoms with Crippen LogP contribution in [0.4, 0.5) is 0 Å². The van der Waals surface area contributed by atoms with Gasteiger partial charge in [-0.05, 0) is 76.4 Å². The molecule has 0 spiro atoms. The third-order valence-corrected chi connectivity index (χ3v) is 5.82. The molecule has 3 rings (SSSR count). The summed E-state index contributed by atoms with van der Waals surface area (Å²) in [4.78, 5) is 24.8. The smallest absolute Gasteiger partial charge is 0.287 e. The van der Waals surface area contributed by atoms with E-state index >= 15 is 0 Å². The molecule has 3 atom stereocenters. The van der Waals surface area contributed by atoms with Crippen molar-refractivity contribution in [1.29, 1.82) is 0 Å². The highest BCUT2D eigenvalue weighted by Crippen LogP contribution is 2.26. The minimum Gasteiger partial charge on any atom is -0.451 e. The number of aliphatic hydroxyl groups excluding tert-OH is 1. The van der Waals surface area contributed by atoms with Crippen LogP contribution in [0.15, 0.2) is 40.8 Å². The fourth-order valence-electron chi connectivity index (χ4n) is 4.13. The van der Waals surface area contributed by atoms with E-state index in [2.05, 4.69) is 36.7 Å². The number of rotatable bonds is 7. The van der Waals surface area contributed by atoms with Gasteiger partial charge in [0.25, 0.3) is 5.91 Å². The lowest BCUT2D eigenvalue weighted by Crippen LogP contribution is -2.53. The van der Waals surface area contributed by atoms with Gasteiger partial charge in [0.15, 0.2) is 5.76 Å². The van der Waals surface area contributed by atoms with Gasteiger partial charge in [-0.2, -0.15) is 0 Å². The van der Waals surface area contributed by atoms with Gasteiger partial charge in [0.05, 0.1) is 6.54 Å². The van der Waals surface area contributed by atoms with Crippen molar-refractivity contribution in [2.24, 2.45) is 5.92 Å². The Labute approximate surface area is 193 Å². The molecule has 32 heavy (non-hydrogen) atoms. The quantitative estimate of drug-likeness (QED) is 0.506. The fourth-order valence-corrected chi connectivity index (χ4v) is 4.26. The summed E-state index contributed by atoms with van der Waals surface area (Å²) in [6.07, 6.45) is 2.50. The highest BCUT2D eigenvalue weighted by Gasteiger charge is 2.32. The second-order valence-electron chi connectivity index (χ2n) is 9.37. The van der Waals surface area contributed by atoms with Crippen LogP contribution in [0.3, 0.4) is 0 Å². The summed E-state index contributed by atoms with van der Waals surface area (Å²) < 4.78 is 5.61. The van der Waals surface area contributed by atoms with Crippen LogP contribution in [0.1, 0.15) is 50.6 Å². The minimum absolute atomic E-state index is 0.00428. The molecule has 8 heteroatoms. The maximum Gasteiger partial charge on any atom is 0.287 e. The highest BCUT2D eigenvalue weighted by atomic mass is 35.5. The molecule has 1 fully saturated rings. The van der Waals surface area contributed by atoms with Gasteiger partial charge in [0.1, 0.15) is 5.76 Å². The molecule has 1 aromatic carbocycles. The maximum atomic E-state index is 12.4. The molecule has 1 aliphatic carbocycles. The van der Waals surface area contributed by atoms with Gasteiger partial charge >= 0.3 is 0 Å². The van der Waals surface area contributed by atoms with Gasteiger partial charge < -0.3 is 25.5 Å². The molecule has 0 aliphatic heterocycles. The zero-order chi connectivity index (χ0) is 23.3. The van der Waals surface area contributed by atoms with E-state index in [1.807, 2.05) is 0 Å². The topological polar surface area (TPSA) is 104 Å². The third-order valence-electron chi connectivity index (χ3n) is 5.57. The van der Waals surface area contributed by atoms with Crippen LogP contribution in [0.25, 0.3) is 11.3 Å². The van der Waals surface area contributed by atoms with E-state index in [-0.39, 0.29) is 42.3 Å². The molecule has 0 saturated heterocycles. The Morgan fingerprint density at radius 1 is 1.12 bits per heavy atom.